The molecule has 15 heavy (non-hydrogen) atoms. The Labute approximate surface area is 93.9 Å². The summed E-state index contributed by atoms with van der Waals surface area (Å²) in [4.78, 5) is 2.40. The highest BCUT2D eigenvalue weighted by Crippen LogP contribution is 2.15. The SMILES string of the molecule is CC(CCO)CNC1CCN(C)CC1C. The summed E-state index contributed by atoms with van der Waals surface area (Å²) in [6.45, 7) is 8.28. The van der Waals surface area contributed by atoms with Crippen LogP contribution in [-0.2, 0) is 0 Å². The first-order valence-corrected chi connectivity index (χ1v) is 6.16. The van der Waals surface area contributed by atoms with Crippen LogP contribution in [0.15, 0.2) is 0 Å². The topological polar surface area (TPSA) is 35.5 Å². The van der Waals surface area contributed by atoms with Crippen LogP contribution in [-0.4, -0.2) is 49.3 Å². The Bertz CT molecular complexity index is 175. The van der Waals surface area contributed by atoms with Crippen LogP contribution < -0.4 is 5.32 Å². The number of nitrogens with zero attached hydrogens (tertiary/aromatic N) is 1. The summed E-state index contributed by atoms with van der Waals surface area (Å²) >= 11 is 0. The van der Waals surface area contributed by atoms with Crippen molar-refractivity contribution < 1.29 is 5.11 Å². The molecule has 0 spiro atoms. The molecule has 0 saturated carbocycles. The highest BCUT2D eigenvalue weighted by molar-refractivity contribution is 4.81. The number of rotatable bonds is 5. The Hall–Kier alpha value is -0.120. The standard InChI is InChI=1S/C12H26N2O/c1-10(5-7-15)8-13-12-4-6-14(3)9-11(12)2/h10-13,15H,4-9H2,1-3H3. The van der Waals surface area contributed by atoms with Crippen LogP contribution in [0.3, 0.4) is 0 Å². The van der Waals surface area contributed by atoms with Gasteiger partial charge < -0.3 is 15.3 Å². The minimum atomic E-state index is 0.311. The Morgan fingerprint density at radius 1 is 1.53 bits per heavy atom. The minimum Gasteiger partial charge on any atom is -0.396 e. The van der Waals surface area contributed by atoms with Gasteiger partial charge in [0.1, 0.15) is 0 Å². The fourth-order valence-electron chi connectivity index (χ4n) is 2.33. The summed E-state index contributed by atoms with van der Waals surface area (Å²) in [7, 11) is 2.20. The normalized spacial score (nSPS) is 30.4. The van der Waals surface area contributed by atoms with Gasteiger partial charge in [-0.1, -0.05) is 13.8 Å². The van der Waals surface area contributed by atoms with Gasteiger partial charge in [-0.25, -0.2) is 0 Å². The fourth-order valence-corrected chi connectivity index (χ4v) is 2.33. The van der Waals surface area contributed by atoms with E-state index in [-0.39, 0.29) is 0 Å². The van der Waals surface area contributed by atoms with Crippen molar-refractivity contribution in [3.05, 3.63) is 0 Å². The summed E-state index contributed by atoms with van der Waals surface area (Å²) in [6.07, 6.45) is 2.16. The molecule has 0 aliphatic carbocycles. The van der Waals surface area contributed by atoms with Crippen molar-refractivity contribution in [1.29, 1.82) is 0 Å². The lowest BCUT2D eigenvalue weighted by atomic mass is 9.93. The predicted octanol–water partition coefficient (Wildman–Crippen LogP) is 0.935. The molecule has 90 valence electrons. The molecule has 0 aromatic heterocycles. The third-order valence-electron chi connectivity index (χ3n) is 3.46. The Morgan fingerprint density at radius 2 is 2.27 bits per heavy atom. The van der Waals surface area contributed by atoms with Gasteiger partial charge in [-0.2, -0.15) is 0 Å². The van der Waals surface area contributed by atoms with E-state index in [1.54, 1.807) is 0 Å². The Kier molecular flexibility index (Phi) is 5.58. The molecule has 3 heteroatoms. The van der Waals surface area contributed by atoms with Crippen LogP contribution in [0.5, 0.6) is 0 Å². The molecule has 1 rings (SSSR count). The van der Waals surface area contributed by atoms with E-state index in [4.69, 9.17) is 5.11 Å². The molecule has 1 heterocycles. The monoisotopic (exact) mass is 214 g/mol. The van der Waals surface area contributed by atoms with Crippen LogP contribution in [0.4, 0.5) is 0 Å². The van der Waals surface area contributed by atoms with Crippen molar-refractivity contribution >= 4 is 0 Å². The smallest absolute Gasteiger partial charge is 0.0434 e. The first-order valence-electron chi connectivity index (χ1n) is 6.16. The molecule has 2 N–H and O–H groups in total. The summed E-state index contributed by atoms with van der Waals surface area (Å²) in [5.74, 6) is 1.33. The van der Waals surface area contributed by atoms with Crippen molar-refractivity contribution in [3.8, 4) is 0 Å². The molecule has 1 aliphatic rings. The number of hydrogen-bond donors (Lipinski definition) is 2. The predicted molar refractivity (Wildman–Crippen MR) is 63.9 cm³/mol. The summed E-state index contributed by atoms with van der Waals surface area (Å²) in [6, 6.07) is 0.669. The van der Waals surface area contributed by atoms with Gasteiger partial charge in [0.05, 0.1) is 0 Å². The highest BCUT2D eigenvalue weighted by Gasteiger charge is 2.23. The van der Waals surface area contributed by atoms with Crippen molar-refractivity contribution in [3.63, 3.8) is 0 Å². The molecule has 0 aromatic carbocycles. The number of hydrogen-bond acceptors (Lipinski definition) is 3. The first-order chi connectivity index (χ1) is 7.13. The zero-order chi connectivity index (χ0) is 11.3. The molecule has 3 nitrogen and oxygen atoms in total. The van der Waals surface area contributed by atoms with Gasteiger partial charge in [0.15, 0.2) is 0 Å². The molecular weight excluding hydrogens is 188 g/mol. The van der Waals surface area contributed by atoms with Crippen molar-refractivity contribution in [1.82, 2.24) is 10.2 Å². The van der Waals surface area contributed by atoms with Gasteiger partial charge in [-0.05, 0) is 44.8 Å². The van der Waals surface area contributed by atoms with E-state index in [2.05, 4.69) is 31.1 Å². The maximum absolute atomic E-state index is 8.83. The van der Waals surface area contributed by atoms with Crippen LogP contribution in [0, 0.1) is 11.8 Å². The quantitative estimate of drug-likeness (QED) is 0.715. The average molecular weight is 214 g/mol. The highest BCUT2D eigenvalue weighted by atomic mass is 16.3. The van der Waals surface area contributed by atoms with Crippen LogP contribution in [0.2, 0.25) is 0 Å². The molecule has 0 bridgehead atoms. The molecule has 1 aliphatic heterocycles. The number of piperidine rings is 1. The maximum atomic E-state index is 8.83. The zero-order valence-electron chi connectivity index (χ0n) is 10.4. The fraction of sp³-hybridized carbons (Fsp3) is 1.00. The molecule has 1 saturated heterocycles. The lowest BCUT2D eigenvalue weighted by molar-refractivity contribution is 0.169. The number of nitrogens with one attached hydrogen (secondary N) is 1. The van der Waals surface area contributed by atoms with Crippen molar-refractivity contribution in [2.45, 2.75) is 32.7 Å². The van der Waals surface area contributed by atoms with Crippen LogP contribution in [0.1, 0.15) is 26.7 Å². The molecule has 1 fully saturated rings. The third kappa shape index (κ3) is 4.49. The molecule has 0 amide bonds. The lowest BCUT2D eigenvalue weighted by Gasteiger charge is -2.35. The van der Waals surface area contributed by atoms with Crippen molar-refractivity contribution in [2.75, 3.05) is 33.3 Å². The van der Waals surface area contributed by atoms with Gasteiger partial charge >= 0.3 is 0 Å². The van der Waals surface area contributed by atoms with E-state index in [1.165, 1.54) is 19.5 Å². The molecule has 3 atom stereocenters. The second-order valence-corrected chi connectivity index (χ2v) is 5.16. The van der Waals surface area contributed by atoms with E-state index in [1.807, 2.05) is 0 Å². The summed E-state index contributed by atoms with van der Waals surface area (Å²) in [5.41, 5.74) is 0. The van der Waals surface area contributed by atoms with Gasteiger partial charge in [0, 0.05) is 19.2 Å². The van der Waals surface area contributed by atoms with E-state index in [0.717, 1.165) is 18.9 Å². The van der Waals surface area contributed by atoms with Gasteiger partial charge in [0.2, 0.25) is 0 Å². The molecule has 0 radical (unpaired) electrons. The summed E-state index contributed by atoms with van der Waals surface area (Å²) < 4.78 is 0. The first kappa shape index (κ1) is 12.9. The van der Waals surface area contributed by atoms with Crippen molar-refractivity contribution in [2.24, 2.45) is 11.8 Å². The van der Waals surface area contributed by atoms with Gasteiger partial charge in [0.25, 0.3) is 0 Å². The average Bonchev–Trinajstić information content (AvgIpc) is 2.17. The molecule has 3 unspecified atom stereocenters. The third-order valence-corrected chi connectivity index (χ3v) is 3.46. The zero-order valence-corrected chi connectivity index (χ0v) is 10.4. The van der Waals surface area contributed by atoms with E-state index in [0.29, 0.717) is 18.6 Å². The largest absolute Gasteiger partial charge is 0.396 e. The summed E-state index contributed by atoms with van der Waals surface area (Å²) in [5, 5.41) is 12.5. The van der Waals surface area contributed by atoms with E-state index in [9.17, 15) is 0 Å². The van der Waals surface area contributed by atoms with E-state index < -0.39 is 0 Å². The lowest BCUT2D eigenvalue weighted by Crippen LogP contribution is -2.47. The van der Waals surface area contributed by atoms with Crippen LogP contribution >= 0.6 is 0 Å². The minimum absolute atomic E-state index is 0.311. The second kappa shape index (κ2) is 6.46. The number of aliphatic hydroxyl groups excluding tert-OH is 1. The number of aliphatic hydroxyl groups is 1. The maximum Gasteiger partial charge on any atom is 0.0434 e. The van der Waals surface area contributed by atoms with E-state index >= 15 is 0 Å². The Balaban J connectivity index is 2.20. The molecular formula is C12H26N2O. The van der Waals surface area contributed by atoms with Gasteiger partial charge in [-0.3, -0.25) is 0 Å². The Morgan fingerprint density at radius 3 is 2.87 bits per heavy atom. The van der Waals surface area contributed by atoms with Gasteiger partial charge in [-0.15, -0.1) is 0 Å². The molecule has 0 aromatic rings. The second-order valence-electron chi connectivity index (χ2n) is 5.16. The number of likely N-dealkylation sites (tertiary alicyclic amines) is 1. The van der Waals surface area contributed by atoms with Crippen LogP contribution in [0.25, 0.3) is 0 Å².